The zero-order chi connectivity index (χ0) is 39.2. The van der Waals surface area contributed by atoms with Crippen molar-refractivity contribution in [1.29, 1.82) is 0 Å². The number of aromatic nitrogens is 5. The molecule has 58 heavy (non-hydrogen) atoms. The number of fused-ring (bicyclic) bond motifs is 4. The van der Waals surface area contributed by atoms with Crippen molar-refractivity contribution in [1.82, 2.24) is 24.9 Å². The summed E-state index contributed by atoms with van der Waals surface area (Å²) in [5.41, 5.74) is 15.1. The van der Waals surface area contributed by atoms with E-state index in [0.717, 1.165) is 78.9 Å². The van der Waals surface area contributed by atoms with Crippen LogP contribution in [0.3, 0.4) is 0 Å². The minimum Gasteiger partial charge on any atom is -0.260 e. The first-order valence-corrected chi connectivity index (χ1v) is 19.6. The molecule has 2 aliphatic rings. The molecule has 4 heterocycles. The highest BCUT2D eigenvalue weighted by molar-refractivity contribution is 6.11. The molecule has 0 saturated heterocycles. The lowest BCUT2D eigenvalue weighted by Gasteiger charge is -2.26. The Labute approximate surface area is 337 Å². The van der Waals surface area contributed by atoms with E-state index in [1.807, 2.05) is 36.5 Å². The fourth-order valence-corrected chi connectivity index (χ4v) is 8.17. The van der Waals surface area contributed by atoms with E-state index in [0.29, 0.717) is 23.4 Å². The molecule has 3 aromatic heterocycles. The molecule has 1 unspecified atom stereocenters. The van der Waals surface area contributed by atoms with Gasteiger partial charge in [0.2, 0.25) is 0 Å². The molecule has 0 radical (unpaired) electrons. The van der Waals surface area contributed by atoms with Crippen LogP contribution in [0, 0.1) is 19.8 Å². The molecule has 1 aliphatic carbocycles. The first-order chi connectivity index (χ1) is 28.5. The molecule has 0 amide bonds. The van der Waals surface area contributed by atoms with Crippen LogP contribution in [0.5, 0.6) is 0 Å². The van der Waals surface area contributed by atoms with Gasteiger partial charge in [0.25, 0.3) is 0 Å². The number of aliphatic imine (C=N–C) groups is 1. The van der Waals surface area contributed by atoms with E-state index >= 15 is 0 Å². The van der Waals surface area contributed by atoms with E-state index < -0.39 is 0 Å². The van der Waals surface area contributed by atoms with Gasteiger partial charge in [-0.15, -0.1) is 0 Å². The van der Waals surface area contributed by atoms with E-state index in [2.05, 4.69) is 147 Å². The van der Waals surface area contributed by atoms with Gasteiger partial charge in [0, 0.05) is 51.7 Å². The van der Waals surface area contributed by atoms with Crippen molar-refractivity contribution in [3.63, 3.8) is 0 Å². The van der Waals surface area contributed by atoms with Gasteiger partial charge in [-0.2, -0.15) is 0 Å². The Morgan fingerprint density at radius 2 is 1.34 bits per heavy atom. The average molecular weight is 747 g/mol. The fourth-order valence-electron chi connectivity index (χ4n) is 8.17. The van der Waals surface area contributed by atoms with Gasteiger partial charge < -0.3 is 0 Å². The number of rotatable bonds is 7. The molecule has 0 saturated carbocycles. The van der Waals surface area contributed by atoms with E-state index in [4.69, 9.17) is 24.9 Å². The average Bonchev–Trinajstić information content (AvgIpc) is 3.28. The van der Waals surface area contributed by atoms with E-state index in [-0.39, 0.29) is 0 Å². The normalized spacial score (nSPS) is 14.2. The van der Waals surface area contributed by atoms with Crippen LogP contribution < -0.4 is 0 Å². The Morgan fingerprint density at radius 1 is 0.621 bits per heavy atom. The van der Waals surface area contributed by atoms with Gasteiger partial charge >= 0.3 is 0 Å². The molecular weight excluding hydrogens is 709 g/mol. The van der Waals surface area contributed by atoms with Crippen LogP contribution in [0.4, 0.5) is 0 Å². The highest BCUT2D eigenvalue weighted by Crippen LogP contribution is 2.37. The van der Waals surface area contributed by atoms with Gasteiger partial charge in [0.05, 0.1) is 22.8 Å². The second-order valence-electron chi connectivity index (χ2n) is 14.8. The summed E-state index contributed by atoms with van der Waals surface area (Å²) >= 11 is 0. The lowest BCUT2D eigenvalue weighted by atomic mass is 9.80. The third-order valence-corrected chi connectivity index (χ3v) is 11.2. The van der Waals surface area contributed by atoms with Crippen LogP contribution in [0.15, 0.2) is 164 Å². The third-order valence-electron chi connectivity index (χ3n) is 11.2. The first-order valence-electron chi connectivity index (χ1n) is 19.6. The van der Waals surface area contributed by atoms with Crippen molar-refractivity contribution >= 4 is 28.6 Å². The highest BCUT2D eigenvalue weighted by Gasteiger charge is 2.25. The van der Waals surface area contributed by atoms with Crippen molar-refractivity contribution < 1.29 is 0 Å². The summed E-state index contributed by atoms with van der Waals surface area (Å²) < 4.78 is 0. The fraction of sp³-hybridized carbons (Fsp3) is 0.0769. The smallest absolute Gasteiger partial charge is 0.164 e. The van der Waals surface area contributed by atoms with Gasteiger partial charge in [0.15, 0.2) is 17.5 Å². The van der Waals surface area contributed by atoms with Crippen LogP contribution >= 0.6 is 0 Å². The van der Waals surface area contributed by atoms with Crippen LogP contribution in [0.25, 0.3) is 90.9 Å². The quantitative estimate of drug-likeness (QED) is 0.162. The molecule has 8 aromatic rings. The molecular formula is C52H38N6. The van der Waals surface area contributed by atoms with Gasteiger partial charge in [-0.3, -0.25) is 9.98 Å². The van der Waals surface area contributed by atoms with Crippen molar-refractivity contribution in [3.05, 3.63) is 186 Å². The zero-order valence-electron chi connectivity index (χ0n) is 32.3. The SMILES string of the molecule is C=Cc1ccc(-c2cccc(-c3nc(-c4cccc(-c5ccc6c(c5C)C5=NC=CCC5C=C6)c4)nc(-c4ccc5ccccc5c4)n3)c2)nc1-c1ncccc1C. The second-order valence-corrected chi connectivity index (χ2v) is 14.8. The summed E-state index contributed by atoms with van der Waals surface area (Å²) in [7, 11) is 0. The van der Waals surface area contributed by atoms with Crippen LogP contribution in [-0.4, -0.2) is 30.6 Å². The maximum absolute atomic E-state index is 5.18. The highest BCUT2D eigenvalue weighted by atomic mass is 15.0. The summed E-state index contributed by atoms with van der Waals surface area (Å²) in [6.45, 7) is 8.31. The Morgan fingerprint density at radius 3 is 2.12 bits per heavy atom. The molecule has 1 aliphatic heterocycles. The van der Waals surface area contributed by atoms with E-state index in [1.54, 1.807) is 6.20 Å². The molecule has 0 bridgehead atoms. The number of allylic oxidation sites excluding steroid dienone is 2. The summed E-state index contributed by atoms with van der Waals surface area (Å²) in [4.78, 5) is 30.1. The van der Waals surface area contributed by atoms with E-state index in [9.17, 15) is 0 Å². The standard InChI is InChI=1S/C52H38N6/c1-4-34-24-26-45(55-49(34)47-32(2)11-9-27-53-47)40-15-8-17-42(31-40)51-56-50(57-52(58-51)43-22-19-35-12-5-6-13-38(35)29-43)41-16-7-14-39(30-41)44-25-23-36-20-21-37-18-10-28-54-48(37)46(36)33(44)3/h4-17,19-31,37H,1,18H2,2-3H3. The Kier molecular flexibility index (Phi) is 8.79. The van der Waals surface area contributed by atoms with Crippen molar-refractivity contribution in [2.75, 3.05) is 0 Å². The van der Waals surface area contributed by atoms with Gasteiger partial charge in [0.1, 0.15) is 0 Å². The minimum absolute atomic E-state index is 0.308. The molecule has 0 N–H and O–H groups in total. The zero-order valence-corrected chi connectivity index (χ0v) is 32.3. The Hall–Kier alpha value is -7.44. The van der Waals surface area contributed by atoms with Crippen molar-refractivity contribution in [3.8, 4) is 67.9 Å². The van der Waals surface area contributed by atoms with Gasteiger partial charge in [-0.25, -0.2) is 19.9 Å². The number of nitrogens with zero attached hydrogens (tertiary/aromatic N) is 6. The minimum atomic E-state index is 0.308. The number of hydrogen-bond donors (Lipinski definition) is 0. The number of aryl methyl sites for hydroxylation is 1. The van der Waals surface area contributed by atoms with Gasteiger partial charge in [-0.1, -0.05) is 128 Å². The van der Waals surface area contributed by atoms with Crippen LogP contribution in [0.1, 0.15) is 34.2 Å². The molecule has 6 nitrogen and oxygen atoms in total. The van der Waals surface area contributed by atoms with Crippen molar-refractivity contribution in [2.24, 2.45) is 10.9 Å². The van der Waals surface area contributed by atoms with Crippen molar-refractivity contribution in [2.45, 2.75) is 20.3 Å². The number of hydrogen-bond acceptors (Lipinski definition) is 6. The first kappa shape index (κ1) is 35.0. The molecule has 5 aromatic carbocycles. The topological polar surface area (TPSA) is 76.8 Å². The lowest BCUT2D eigenvalue weighted by molar-refractivity contribution is 0.859. The predicted octanol–water partition coefficient (Wildman–Crippen LogP) is 12.4. The lowest BCUT2D eigenvalue weighted by Crippen LogP contribution is -2.20. The van der Waals surface area contributed by atoms with Crippen LogP contribution in [-0.2, 0) is 0 Å². The number of benzene rings is 5. The monoisotopic (exact) mass is 746 g/mol. The predicted molar refractivity (Wildman–Crippen MR) is 238 cm³/mol. The van der Waals surface area contributed by atoms with Crippen LogP contribution in [0.2, 0.25) is 0 Å². The molecule has 276 valence electrons. The molecule has 10 rings (SSSR count). The largest absolute Gasteiger partial charge is 0.260 e. The Balaban J connectivity index is 1.10. The summed E-state index contributed by atoms with van der Waals surface area (Å²) in [6, 6.07) is 44.0. The van der Waals surface area contributed by atoms with E-state index in [1.165, 1.54) is 22.3 Å². The summed E-state index contributed by atoms with van der Waals surface area (Å²) in [5, 5.41) is 2.28. The number of pyridine rings is 2. The maximum Gasteiger partial charge on any atom is 0.164 e. The summed E-state index contributed by atoms with van der Waals surface area (Å²) in [5.74, 6) is 2.09. The Bertz CT molecular complexity index is 3040. The van der Waals surface area contributed by atoms with Gasteiger partial charge in [-0.05, 0) is 89.2 Å². The molecule has 6 heteroatoms. The maximum atomic E-state index is 5.18. The molecule has 0 fully saturated rings. The summed E-state index contributed by atoms with van der Waals surface area (Å²) in [6.07, 6.45) is 13.2. The molecule has 0 spiro atoms. The third kappa shape index (κ3) is 6.35. The second kappa shape index (κ2) is 14.6. The molecule has 1 atom stereocenters.